The van der Waals surface area contributed by atoms with Crippen molar-refractivity contribution in [2.75, 3.05) is 18.6 Å². The maximum Gasteiger partial charge on any atom is 0.191 e. The summed E-state index contributed by atoms with van der Waals surface area (Å²) in [6.07, 6.45) is 1.96. The summed E-state index contributed by atoms with van der Waals surface area (Å²) in [6.45, 7) is 9.23. The van der Waals surface area contributed by atoms with E-state index in [9.17, 15) is 8.42 Å². The second kappa shape index (κ2) is 10.3. The van der Waals surface area contributed by atoms with Gasteiger partial charge < -0.3 is 15.4 Å². The second-order valence-electron chi connectivity index (χ2n) is 6.47. The number of benzene rings is 1. The van der Waals surface area contributed by atoms with Crippen molar-refractivity contribution in [3.8, 4) is 5.75 Å². The monoisotopic (exact) mass is 369 g/mol. The number of hydrogen-bond donors (Lipinski definition) is 2. The highest BCUT2D eigenvalue weighted by Crippen LogP contribution is 2.14. The molecule has 25 heavy (non-hydrogen) atoms. The van der Waals surface area contributed by atoms with Gasteiger partial charge in [-0.15, -0.1) is 0 Å². The van der Waals surface area contributed by atoms with Crippen LogP contribution in [0.25, 0.3) is 0 Å². The Morgan fingerprint density at radius 3 is 2.36 bits per heavy atom. The molecule has 0 aliphatic rings. The summed E-state index contributed by atoms with van der Waals surface area (Å²) in [4.78, 5) is 4.56. The average Bonchev–Trinajstić information content (AvgIpc) is 2.51. The fraction of sp³-hybridized carbons (Fsp3) is 0.611. The van der Waals surface area contributed by atoms with Crippen molar-refractivity contribution in [1.82, 2.24) is 10.6 Å². The number of sulfone groups is 1. The number of nitrogens with zero attached hydrogens (tertiary/aromatic N) is 1. The lowest BCUT2D eigenvalue weighted by atomic mass is 10.2. The Hall–Kier alpha value is -1.76. The number of aliphatic imine (C=N–C) groups is 1. The highest BCUT2D eigenvalue weighted by atomic mass is 32.2. The van der Waals surface area contributed by atoms with Crippen molar-refractivity contribution >= 4 is 15.8 Å². The van der Waals surface area contributed by atoms with E-state index >= 15 is 0 Å². The normalized spacial score (nSPS) is 13.6. The Bertz CT molecular complexity index is 640. The molecule has 0 saturated heterocycles. The minimum absolute atomic E-state index is 0.0225. The van der Waals surface area contributed by atoms with Crippen LogP contribution in [0.1, 0.15) is 39.7 Å². The third-order valence-corrected chi connectivity index (χ3v) is 4.34. The number of rotatable bonds is 9. The standard InChI is InChI=1S/C18H31N3O3S/c1-6-19-18(21-15(4)11-12-25(5,22)23)20-13-16-7-9-17(10-8-16)24-14(2)3/h7-10,14-15H,6,11-13H2,1-5H3,(H2,19,20,21). The molecule has 0 aliphatic carbocycles. The Morgan fingerprint density at radius 1 is 1.20 bits per heavy atom. The Labute approximate surface area is 152 Å². The van der Waals surface area contributed by atoms with Crippen LogP contribution in [0.4, 0.5) is 0 Å². The van der Waals surface area contributed by atoms with Gasteiger partial charge in [0, 0.05) is 18.8 Å². The van der Waals surface area contributed by atoms with E-state index in [4.69, 9.17) is 4.74 Å². The Kier molecular flexibility index (Phi) is 8.75. The first-order chi connectivity index (χ1) is 11.7. The molecule has 1 atom stereocenters. The number of hydrogen-bond acceptors (Lipinski definition) is 4. The zero-order valence-corrected chi connectivity index (χ0v) is 16.7. The number of nitrogens with one attached hydrogen (secondary N) is 2. The van der Waals surface area contributed by atoms with E-state index in [2.05, 4.69) is 15.6 Å². The third kappa shape index (κ3) is 9.96. The molecule has 7 heteroatoms. The fourth-order valence-corrected chi connectivity index (χ4v) is 2.91. The smallest absolute Gasteiger partial charge is 0.191 e. The van der Waals surface area contributed by atoms with Gasteiger partial charge >= 0.3 is 0 Å². The van der Waals surface area contributed by atoms with Crippen molar-refractivity contribution in [1.29, 1.82) is 0 Å². The summed E-state index contributed by atoms with van der Waals surface area (Å²) < 4.78 is 28.2. The summed E-state index contributed by atoms with van der Waals surface area (Å²) >= 11 is 0. The van der Waals surface area contributed by atoms with E-state index in [-0.39, 0.29) is 17.9 Å². The van der Waals surface area contributed by atoms with Gasteiger partial charge in [-0.2, -0.15) is 0 Å². The summed E-state index contributed by atoms with van der Waals surface area (Å²) in [6, 6.07) is 7.91. The molecular formula is C18H31N3O3S. The van der Waals surface area contributed by atoms with Crippen molar-refractivity contribution in [2.45, 2.75) is 52.8 Å². The fourth-order valence-electron chi connectivity index (χ4n) is 2.13. The van der Waals surface area contributed by atoms with Gasteiger partial charge in [0.1, 0.15) is 15.6 Å². The second-order valence-corrected chi connectivity index (χ2v) is 8.73. The van der Waals surface area contributed by atoms with Gasteiger partial charge in [-0.25, -0.2) is 13.4 Å². The first-order valence-corrected chi connectivity index (χ1v) is 10.7. The van der Waals surface area contributed by atoms with Crippen LogP contribution in [0.3, 0.4) is 0 Å². The molecule has 1 aromatic rings. The molecule has 0 amide bonds. The maximum atomic E-state index is 11.3. The van der Waals surface area contributed by atoms with Gasteiger partial charge in [0.15, 0.2) is 5.96 Å². The molecule has 1 aromatic carbocycles. The number of ether oxygens (including phenoxy) is 1. The molecule has 1 unspecified atom stereocenters. The van der Waals surface area contributed by atoms with Crippen molar-refractivity contribution in [3.63, 3.8) is 0 Å². The molecule has 0 bridgehead atoms. The summed E-state index contributed by atoms with van der Waals surface area (Å²) in [5, 5.41) is 6.43. The van der Waals surface area contributed by atoms with Crippen LogP contribution < -0.4 is 15.4 Å². The topological polar surface area (TPSA) is 79.8 Å². The maximum absolute atomic E-state index is 11.3. The summed E-state index contributed by atoms with van der Waals surface area (Å²) in [5.41, 5.74) is 1.08. The molecule has 0 aliphatic heterocycles. The van der Waals surface area contributed by atoms with Crippen LogP contribution in [-0.2, 0) is 16.4 Å². The minimum atomic E-state index is -2.95. The molecule has 0 spiro atoms. The van der Waals surface area contributed by atoms with E-state index in [1.165, 1.54) is 6.26 Å². The van der Waals surface area contributed by atoms with E-state index < -0.39 is 9.84 Å². The third-order valence-electron chi connectivity index (χ3n) is 3.36. The quantitative estimate of drug-likeness (QED) is 0.516. The van der Waals surface area contributed by atoms with Gasteiger partial charge in [-0.3, -0.25) is 0 Å². The van der Waals surface area contributed by atoms with Crippen LogP contribution in [0.15, 0.2) is 29.3 Å². The lowest BCUT2D eigenvalue weighted by molar-refractivity contribution is 0.242. The van der Waals surface area contributed by atoms with Gasteiger partial charge in [0.05, 0.1) is 18.4 Å². The predicted octanol–water partition coefficient (Wildman–Crippen LogP) is 2.35. The molecule has 0 fully saturated rings. The van der Waals surface area contributed by atoms with Crippen LogP contribution >= 0.6 is 0 Å². The van der Waals surface area contributed by atoms with Crippen molar-refractivity contribution in [3.05, 3.63) is 29.8 Å². The number of guanidine groups is 1. The molecular weight excluding hydrogens is 338 g/mol. The van der Waals surface area contributed by atoms with Gasteiger partial charge in [0.25, 0.3) is 0 Å². The van der Waals surface area contributed by atoms with Crippen LogP contribution in [-0.4, -0.2) is 45.1 Å². The summed E-state index contributed by atoms with van der Waals surface area (Å²) in [5.74, 6) is 1.70. The largest absolute Gasteiger partial charge is 0.491 e. The molecule has 0 aromatic heterocycles. The molecule has 1 rings (SSSR count). The lowest BCUT2D eigenvalue weighted by Crippen LogP contribution is -2.42. The van der Waals surface area contributed by atoms with Gasteiger partial charge in [-0.05, 0) is 51.8 Å². The van der Waals surface area contributed by atoms with E-state index in [1.54, 1.807) is 0 Å². The highest BCUT2D eigenvalue weighted by molar-refractivity contribution is 7.90. The van der Waals surface area contributed by atoms with Crippen LogP contribution in [0, 0.1) is 0 Å². The highest BCUT2D eigenvalue weighted by Gasteiger charge is 2.09. The Morgan fingerprint density at radius 2 is 1.84 bits per heavy atom. The SMILES string of the molecule is CCNC(=NCc1ccc(OC(C)C)cc1)NC(C)CCS(C)(=O)=O. The average molecular weight is 370 g/mol. The minimum Gasteiger partial charge on any atom is -0.491 e. The first-order valence-electron chi connectivity index (χ1n) is 8.67. The van der Waals surface area contributed by atoms with E-state index in [0.29, 0.717) is 18.9 Å². The van der Waals surface area contributed by atoms with Gasteiger partial charge in [0.2, 0.25) is 0 Å². The molecule has 0 radical (unpaired) electrons. The molecule has 0 saturated carbocycles. The van der Waals surface area contributed by atoms with Crippen molar-refractivity contribution < 1.29 is 13.2 Å². The lowest BCUT2D eigenvalue weighted by Gasteiger charge is -2.17. The molecule has 0 heterocycles. The zero-order chi connectivity index (χ0) is 18.9. The van der Waals surface area contributed by atoms with Gasteiger partial charge in [-0.1, -0.05) is 12.1 Å². The van der Waals surface area contributed by atoms with E-state index in [0.717, 1.165) is 17.9 Å². The van der Waals surface area contributed by atoms with E-state index in [1.807, 2.05) is 52.0 Å². The van der Waals surface area contributed by atoms with Crippen LogP contribution in [0.5, 0.6) is 5.75 Å². The van der Waals surface area contributed by atoms with Crippen LogP contribution in [0.2, 0.25) is 0 Å². The summed E-state index contributed by atoms with van der Waals surface area (Å²) in [7, 11) is -2.95. The van der Waals surface area contributed by atoms with Crippen molar-refractivity contribution in [2.24, 2.45) is 4.99 Å². The first kappa shape index (κ1) is 21.3. The Balaban J connectivity index is 2.62. The molecule has 142 valence electrons. The molecule has 6 nitrogen and oxygen atoms in total. The zero-order valence-electron chi connectivity index (χ0n) is 15.9. The molecule has 2 N–H and O–H groups in total. The predicted molar refractivity (Wildman–Crippen MR) is 104 cm³/mol.